The summed E-state index contributed by atoms with van der Waals surface area (Å²) in [6.45, 7) is 3.27. The highest BCUT2D eigenvalue weighted by Crippen LogP contribution is 2.36. The molecule has 3 aliphatic rings. The van der Waals surface area contributed by atoms with E-state index in [4.69, 9.17) is 4.74 Å². The molecule has 140 valence electrons. The second-order valence-corrected chi connectivity index (χ2v) is 8.18. The predicted molar refractivity (Wildman–Crippen MR) is 106 cm³/mol. The highest BCUT2D eigenvalue weighted by atomic mass is 32.1. The molecule has 3 aliphatic heterocycles. The van der Waals surface area contributed by atoms with E-state index in [0.29, 0.717) is 11.6 Å². The molecule has 0 aliphatic carbocycles. The average molecular weight is 382 g/mol. The van der Waals surface area contributed by atoms with Crippen LogP contribution >= 0.6 is 11.3 Å². The van der Waals surface area contributed by atoms with Crippen molar-refractivity contribution >= 4 is 28.1 Å². The number of carbonyl (C=O) groups is 1. The van der Waals surface area contributed by atoms with Gasteiger partial charge in [0.05, 0.1) is 12.6 Å². The van der Waals surface area contributed by atoms with Crippen LogP contribution in [0.1, 0.15) is 23.3 Å². The summed E-state index contributed by atoms with van der Waals surface area (Å²) in [6, 6.07) is 6.20. The third-order valence-electron chi connectivity index (χ3n) is 5.90. The molecule has 5 heterocycles. The second kappa shape index (κ2) is 6.65. The van der Waals surface area contributed by atoms with Crippen LogP contribution in [0.15, 0.2) is 29.0 Å². The van der Waals surface area contributed by atoms with E-state index in [1.807, 2.05) is 17.5 Å². The van der Waals surface area contributed by atoms with Crippen LogP contribution in [0.25, 0.3) is 22.0 Å². The molecule has 1 atom stereocenters. The standard InChI is InChI=1S/C20H22N4O2S/c1-26-18-9-16-15(8-14(18)13-4-7-27-11-13)19(23-22-16)20(25)21-17-10-24-5-2-12(17)3-6-24/h4,7-9,11-12,17H,2-3,5-6,10H2,1H3,(H,21,25)(H,22,23)/t17-/m1/s1. The molecule has 2 aromatic heterocycles. The van der Waals surface area contributed by atoms with Gasteiger partial charge in [-0.05, 0) is 60.3 Å². The summed E-state index contributed by atoms with van der Waals surface area (Å²) >= 11 is 1.64. The van der Waals surface area contributed by atoms with Crippen molar-refractivity contribution in [3.8, 4) is 16.9 Å². The third-order valence-corrected chi connectivity index (χ3v) is 6.59. The van der Waals surface area contributed by atoms with E-state index < -0.39 is 0 Å². The van der Waals surface area contributed by atoms with Crippen LogP contribution in [0.3, 0.4) is 0 Å². The van der Waals surface area contributed by atoms with Crippen LogP contribution in [0.2, 0.25) is 0 Å². The number of thiophene rings is 1. The van der Waals surface area contributed by atoms with Crippen molar-refractivity contribution in [2.24, 2.45) is 5.92 Å². The lowest BCUT2D eigenvalue weighted by Crippen LogP contribution is -2.57. The fourth-order valence-electron chi connectivity index (χ4n) is 4.40. The Labute approximate surface area is 161 Å². The summed E-state index contributed by atoms with van der Waals surface area (Å²) in [6.07, 6.45) is 2.34. The number of carbonyl (C=O) groups excluding carboxylic acids is 1. The molecule has 0 saturated carbocycles. The molecule has 3 fully saturated rings. The summed E-state index contributed by atoms with van der Waals surface area (Å²) in [5, 5.41) is 15.5. The summed E-state index contributed by atoms with van der Waals surface area (Å²) < 4.78 is 5.55. The minimum Gasteiger partial charge on any atom is -0.496 e. The van der Waals surface area contributed by atoms with E-state index in [2.05, 4.69) is 31.9 Å². The molecule has 1 aromatic carbocycles. The predicted octanol–water partition coefficient (Wildman–Crippen LogP) is 3.12. The average Bonchev–Trinajstić information content (AvgIpc) is 3.37. The first-order valence-corrected chi connectivity index (χ1v) is 10.3. The largest absolute Gasteiger partial charge is 0.496 e. The number of piperidine rings is 3. The summed E-state index contributed by atoms with van der Waals surface area (Å²) in [7, 11) is 1.66. The van der Waals surface area contributed by atoms with E-state index in [-0.39, 0.29) is 11.9 Å². The van der Waals surface area contributed by atoms with Gasteiger partial charge in [-0.1, -0.05) is 0 Å². The molecule has 2 N–H and O–H groups in total. The van der Waals surface area contributed by atoms with Crippen molar-refractivity contribution < 1.29 is 9.53 Å². The molecule has 0 radical (unpaired) electrons. The first-order valence-electron chi connectivity index (χ1n) is 9.35. The summed E-state index contributed by atoms with van der Waals surface area (Å²) in [5.74, 6) is 1.26. The van der Waals surface area contributed by atoms with Gasteiger partial charge in [-0.3, -0.25) is 9.89 Å². The maximum absolute atomic E-state index is 13.0. The molecule has 3 saturated heterocycles. The number of nitrogens with zero attached hydrogens (tertiary/aromatic N) is 2. The molecule has 7 heteroatoms. The maximum Gasteiger partial charge on any atom is 0.272 e. The zero-order chi connectivity index (χ0) is 18.4. The van der Waals surface area contributed by atoms with Crippen molar-refractivity contribution in [1.29, 1.82) is 0 Å². The lowest BCUT2D eigenvalue weighted by atomic mass is 9.84. The number of methoxy groups -OCH3 is 1. The Morgan fingerprint density at radius 3 is 2.89 bits per heavy atom. The number of hydrogen-bond acceptors (Lipinski definition) is 5. The van der Waals surface area contributed by atoms with Gasteiger partial charge in [-0.15, -0.1) is 0 Å². The van der Waals surface area contributed by atoms with Crippen molar-refractivity contribution in [1.82, 2.24) is 20.4 Å². The first-order chi connectivity index (χ1) is 13.2. The van der Waals surface area contributed by atoms with E-state index in [1.54, 1.807) is 18.4 Å². The molecule has 1 amide bonds. The molecule has 3 aromatic rings. The normalized spacial score (nSPS) is 24.3. The smallest absolute Gasteiger partial charge is 0.272 e. The molecular weight excluding hydrogens is 360 g/mol. The van der Waals surface area contributed by atoms with Gasteiger partial charge in [0, 0.05) is 29.6 Å². The Bertz CT molecular complexity index is 973. The quantitative estimate of drug-likeness (QED) is 0.727. The lowest BCUT2D eigenvalue weighted by Gasteiger charge is -2.44. The van der Waals surface area contributed by atoms with Gasteiger partial charge in [0.25, 0.3) is 5.91 Å². The minimum absolute atomic E-state index is 0.0959. The Hall–Kier alpha value is -2.38. The van der Waals surface area contributed by atoms with E-state index >= 15 is 0 Å². The van der Waals surface area contributed by atoms with Gasteiger partial charge < -0.3 is 15.0 Å². The van der Waals surface area contributed by atoms with Crippen molar-refractivity contribution in [3.05, 3.63) is 34.7 Å². The summed E-state index contributed by atoms with van der Waals surface area (Å²) in [4.78, 5) is 15.4. The monoisotopic (exact) mass is 382 g/mol. The van der Waals surface area contributed by atoms with Crippen molar-refractivity contribution in [2.45, 2.75) is 18.9 Å². The van der Waals surface area contributed by atoms with Crippen molar-refractivity contribution in [2.75, 3.05) is 26.7 Å². The Kier molecular flexibility index (Phi) is 4.13. The molecule has 2 bridgehead atoms. The Morgan fingerprint density at radius 2 is 2.22 bits per heavy atom. The number of fused-ring (bicyclic) bond motifs is 4. The van der Waals surface area contributed by atoms with Gasteiger partial charge in [0.1, 0.15) is 5.75 Å². The molecule has 6 nitrogen and oxygen atoms in total. The third kappa shape index (κ3) is 2.91. The molecular formula is C20H22N4O2S. The Morgan fingerprint density at radius 1 is 1.37 bits per heavy atom. The number of H-pyrrole nitrogens is 1. The minimum atomic E-state index is -0.0959. The fourth-order valence-corrected chi connectivity index (χ4v) is 5.05. The van der Waals surface area contributed by atoms with Gasteiger partial charge >= 0.3 is 0 Å². The molecule has 6 rings (SSSR count). The van der Waals surface area contributed by atoms with Crippen LogP contribution in [-0.4, -0.2) is 53.8 Å². The van der Waals surface area contributed by atoms with Crippen LogP contribution in [0, 0.1) is 5.92 Å². The van der Waals surface area contributed by atoms with Gasteiger partial charge in [0.2, 0.25) is 0 Å². The highest BCUT2D eigenvalue weighted by molar-refractivity contribution is 7.08. The number of hydrogen-bond donors (Lipinski definition) is 2. The molecule has 0 spiro atoms. The van der Waals surface area contributed by atoms with Crippen LogP contribution in [0.4, 0.5) is 0 Å². The number of ether oxygens (including phenoxy) is 1. The van der Waals surface area contributed by atoms with Crippen molar-refractivity contribution in [3.63, 3.8) is 0 Å². The number of nitrogens with one attached hydrogen (secondary N) is 2. The molecule has 27 heavy (non-hydrogen) atoms. The summed E-state index contributed by atoms with van der Waals surface area (Å²) in [5.41, 5.74) is 3.33. The SMILES string of the molecule is COc1cc2[nH]nc(C(=O)N[C@@H]3CN4CCC3CC4)c2cc1-c1ccsc1. The van der Waals surface area contributed by atoms with Gasteiger partial charge in [-0.2, -0.15) is 16.4 Å². The van der Waals surface area contributed by atoms with E-state index in [9.17, 15) is 4.79 Å². The van der Waals surface area contributed by atoms with Crippen LogP contribution in [-0.2, 0) is 0 Å². The van der Waals surface area contributed by atoms with Gasteiger partial charge in [-0.25, -0.2) is 0 Å². The van der Waals surface area contributed by atoms with E-state index in [1.165, 1.54) is 12.8 Å². The van der Waals surface area contributed by atoms with Crippen LogP contribution < -0.4 is 10.1 Å². The van der Waals surface area contributed by atoms with Crippen LogP contribution in [0.5, 0.6) is 5.75 Å². The highest BCUT2D eigenvalue weighted by Gasteiger charge is 2.35. The number of rotatable bonds is 4. The lowest BCUT2D eigenvalue weighted by molar-refractivity contribution is 0.0618. The second-order valence-electron chi connectivity index (χ2n) is 7.40. The zero-order valence-electron chi connectivity index (χ0n) is 15.2. The Balaban J connectivity index is 1.48. The number of aromatic amines is 1. The maximum atomic E-state index is 13.0. The van der Waals surface area contributed by atoms with Gasteiger partial charge in [0.15, 0.2) is 5.69 Å². The number of benzene rings is 1. The molecule has 0 unspecified atom stereocenters. The number of aromatic nitrogens is 2. The van der Waals surface area contributed by atoms with E-state index in [0.717, 1.165) is 47.4 Å². The number of amides is 1. The first kappa shape index (κ1) is 16.8. The fraction of sp³-hybridized carbons (Fsp3) is 0.400. The topological polar surface area (TPSA) is 70.2 Å². The zero-order valence-corrected chi connectivity index (χ0v) is 16.0.